The molecule has 7 nitrogen and oxygen atoms in total. The van der Waals surface area contributed by atoms with Gasteiger partial charge >= 0.3 is 0 Å². The Hall–Kier alpha value is -2.01. The molecule has 0 saturated carbocycles. The molecule has 2 heterocycles. The molecule has 2 aromatic heterocycles. The van der Waals surface area contributed by atoms with Crippen LogP contribution >= 0.6 is 50.6 Å². The van der Waals surface area contributed by atoms with E-state index in [1.54, 1.807) is 16.8 Å². The average Bonchev–Trinajstić information content (AvgIpc) is 3.26. The molecule has 0 spiro atoms. The molecule has 4 rings (SSSR count). The van der Waals surface area contributed by atoms with E-state index in [9.17, 15) is 4.79 Å². The van der Waals surface area contributed by atoms with Gasteiger partial charge in [-0.2, -0.15) is 4.68 Å². The first-order chi connectivity index (χ1) is 13.1. The maximum atomic E-state index is 12.3. The average molecular weight is 482 g/mol. The Morgan fingerprint density at radius 1 is 1.26 bits per heavy atom. The maximum Gasteiger partial charge on any atom is 0.236 e. The number of fused-ring (bicyclic) bond motifs is 1. The molecule has 0 aliphatic rings. The zero-order valence-electron chi connectivity index (χ0n) is 13.5. The third-order valence-electron chi connectivity index (χ3n) is 3.44. The Labute approximate surface area is 175 Å². The lowest BCUT2D eigenvalue weighted by Crippen LogP contribution is -2.14. The zero-order valence-corrected chi connectivity index (χ0v) is 17.4. The molecule has 0 bridgehead atoms. The van der Waals surface area contributed by atoms with Crippen LogP contribution in [0.4, 0.5) is 5.13 Å². The predicted octanol–water partition coefficient (Wildman–Crippen LogP) is 4.42. The maximum absolute atomic E-state index is 12.3. The van der Waals surface area contributed by atoms with Crippen LogP contribution in [0.1, 0.15) is 0 Å². The van der Waals surface area contributed by atoms with Crippen LogP contribution < -0.4 is 5.32 Å². The van der Waals surface area contributed by atoms with Crippen molar-refractivity contribution in [3.05, 3.63) is 52.0 Å². The van der Waals surface area contributed by atoms with Crippen molar-refractivity contribution in [2.45, 2.75) is 5.16 Å². The fourth-order valence-corrected chi connectivity index (χ4v) is 4.50. The number of rotatable bonds is 5. The van der Waals surface area contributed by atoms with Crippen LogP contribution in [0.3, 0.4) is 0 Å². The highest BCUT2D eigenvalue weighted by Gasteiger charge is 2.13. The Morgan fingerprint density at radius 2 is 2.07 bits per heavy atom. The Bertz CT molecular complexity index is 1110. The largest absolute Gasteiger partial charge is 0.301 e. The number of aromatic nitrogens is 5. The lowest BCUT2D eigenvalue weighted by molar-refractivity contribution is -0.113. The number of anilines is 1. The summed E-state index contributed by atoms with van der Waals surface area (Å²) in [6.07, 6.45) is 0. The molecule has 136 valence electrons. The topological polar surface area (TPSA) is 85.6 Å². The van der Waals surface area contributed by atoms with E-state index in [1.807, 2.05) is 30.3 Å². The van der Waals surface area contributed by atoms with Crippen LogP contribution in [0, 0.1) is 0 Å². The summed E-state index contributed by atoms with van der Waals surface area (Å²) in [7, 11) is 0. The minimum absolute atomic E-state index is 0.160. The van der Waals surface area contributed by atoms with Gasteiger partial charge in [-0.05, 0) is 52.9 Å². The summed E-state index contributed by atoms with van der Waals surface area (Å²) >= 11 is 12.0. The lowest BCUT2D eigenvalue weighted by atomic mass is 10.3. The monoisotopic (exact) mass is 480 g/mol. The van der Waals surface area contributed by atoms with Crippen molar-refractivity contribution in [2.75, 3.05) is 11.1 Å². The second kappa shape index (κ2) is 7.93. The van der Waals surface area contributed by atoms with Crippen LogP contribution in [0.5, 0.6) is 0 Å². The molecule has 0 aliphatic heterocycles. The Kier molecular flexibility index (Phi) is 5.39. The Morgan fingerprint density at radius 3 is 2.89 bits per heavy atom. The van der Waals surface area contributed by atoms with Crippen molar-refractivity contribution in [1.82, 2.24) is 25.2 Å². The van der Waals surface area contributed by atoms with Crippen LogP contribution in [0.25, 0.3) is 15.9 Å². The fraction of sp³-hybridized carbons (Fsp3) is 0.0625. The van der Waals surface area contributed by atoms with Gasteiger partial charge in [0.25, 0.3) is 0 Å². The molecule has 0 fully saturated rings. The third kappa shape index (κ3) is 4.29. The van der Waals surface area contributed by atoms with Gasteiger partial charge in [0.1, 0.15) is 0 Å². The van der Waals surface area contributed by atoms with E-state index in [4.69, 9.17) is 11.6 Å². The number of carbonyl (C=O) groups excluding carboxylic acids is 1. The van der Waals surface area contributed by atoms with Gasteiger partial charge in [0, 0.05) is 9.50 Å². The van der Waals surface area contributed by atoms with E-state index in [1.165, 1.54) is 23.1 Å². The van der Waals surface area contributed by atoms with Crippen molar-refractivity contribution >= 4 is 71.9 Å². The second-order valence-electron chi connectivity index (χ2n) is 5.32. The van der Waals surface area contributed by atoms with Gasteiger partial charge in [-0.25, -0.2) is 4.98 Å². The number of tetrazole rings is 1. The number of nitrogens with zero attached hydrogens (tertiary/aromatic N) is 5. The highest BCUT2D eigenvalue weighted by Crippen LogP contribution is 2.28. The molecule has 2 aromatic carbocycles. The van der Waals surface area contributed by atoms with Gasteiger partial charge in [-0.3, -0.25) is 4.79 Å². The molecule has 27 heavy (non-hydrogen) atoms. The van der Waals surface area contributed by atoms with E-state index in [0.29, 0.717) is 15.3 Å². The van der Waals surface area contributed by atoms with E-state index >= 15 is 0 Å². The van der Waals surface area contributed by atoms with E-state index in [0.717, 1.165) is 20.4 Å². The van der Waals surface area contributed by atoms with Gasteiger partial charge in [0.05, 0.1) is 21.7 Å². The quantitative estimate of drug-likeness (QED) is 0.425. The number of hydrogen-bond acceptors (Lipinski definition) is 7. The number of amides is 1. The summed E-state index contributed by atoms with van der Waals surface area (Å²) in [6, 6.07) is 12.9. The van der Waals surface area contributed by atoms with Crippen molar-refractivity contribution in [2.24, 2.45) is 0 Å². The van der Waals surface area contributed by atoms with Crippen LogP contribution in [-0.2, 0) is 4.79 Å². The SMILES string of the molecule is O=C(CSc1nnnn1-c1ccc(Cl)cc1)Nc1nc2ccc(Br)cc2s1. The zero-order chi connectivity index (χ0) is 18.8. The first kappa shape index (κ1) is 18.4. The number of hydrogen-bond donors (Lipinski definition) is 1. The van der Waals surface area contributed by atoms with E-state index in [2.05, 4.69) is 41.8 Å². The second-order valence-corrected chi connectivity index (χ2v) is 8.64. The molecule has 0 aliphatic carbocycles. The molecule has 1 N–H and O–H groups in total. The number of benzene rings is 2. The predicted molar refractivity (Wildman–Crippen MR) is 111 cm³/mol. The summed E-state index contributed by atoms with van der Waals surface area (Å²) in [5, 5.41) is 16.1. The van der Waals surface area contributed by atoms with Crippen molar-refractivity contribution in [1.29, 1.82) is 0 Å². The first-order valence-corrected chi connectivity index (χ1v) is 10.6. The van der Waals surface area contributed by atoms with Gasteiger partial charge in [0.15, 0.2) is 5.13 Å². The molecular weight excluding hydrogens is 472 g/mol. The molecule has 0 atom stereocenters. The van der Waals surface area contributed by atoms with E-state index in [-0.39, 0.29) is 11.7 Å². The minimum atomic E-state index is -0.177. The lowest BCUT2D eigenvalue weighted by Gasteiger charge is -2.04. The number of nitrogens with one attached hydrogen (secondary N) is 1. The summed E-state index contributed by atoms with van der Waals surface area (Å²) < 4.78 is 3.53. The fourth-order valence-electron chi connectivity index (χ4n) is 2.25. The van der Waals surface area contributed by atoms with E-state index < -0.39 is 0 Å². The van der Waals surface area contributed by atoms with Crippen molar-refractivity contribution in [3.8, 4) is 5.69 Å². The summed E-state index contributed by atoms with van der Waals surface area (Å²) in [4.78, 5) is 16.7. The first-order valence-electron chi connectivity index (χ1n) is 7.61. The standard InChI is InChI=1S/C16H10BrClN6OS2/c17-9-1-6-12-13(7-9)27-15(19-12)20-14(25)8-26-16-21-22-23-24(16)11-4-2-10(18)3-5-11/h1-7H,8H2,(H,19,20,25). The summed E-state index contributed by atoms with van der Waals surface area (Å²) in [6.45, 7) is 0. The molecule has 1 amide bonds. The normalized spacial score (nSPS) is 11.0. The molecule has 0 unspecified atom stereocenters. The third-order valence-corrected chi connectivity index (χ3v) is 6.04. The number of halogens is 2. The molecule has 0 radical (unpaired) electrons. The minimum Gasteiger partial charge on any atom is -0.301 e. The smallest absolute Gasteiger partial charge is 0.236 e. The molecule has 4 aromatic rings. The van der Waals surface area contributed by atoms with Crippen molar-refractivity contribution < 1.29 is 4.79 Å². The summed E-state index contributed by atoms with van der Waals surface area (Å²) in [5.74, 6) is -0.0168. The van der Waals surface area contributed by atoms with Crippen molar-refractivity contribution in [3.63, 3.8) is 0 Å². The molecule has 11 heteroatoms. The number of thiazole rings is 1. The summed E-state index contributed by atoms with van der Waals surface area (Å²) in [5.41, 5.74) is 1.61. The highest BCUT2D eigenvalue weighted by atomic mass is 79.9. The number of thioether (sulfide) groups is 1. The van der Waals surface area contributed by atoms with Gasteiger partial charge in [-0.1, -0.05) is 50.6 Å². The van der Waals surface area contributed by atoms with Gasteiger partial charge in [0.2, 0.25) is 11.1 Å². The van der Waals surface area contributed by atoms with Crippen LogP contribution in [0.2, 0.25) is 5.02 Å². The van der Waals surface area contributed by atoms with Gasteiger partial charge in [-0.15, -0.1) is 5.10 Å². The van der Waals surface area contributed by atoms with Gasteiger partial charge < -0.3 is 5.32 Å². The molecular formula is C16H10BrClN6OS2. The highest BCUT2D eigenvalue weighted by molar-refractivity contribution is 9.10. The Balaban J connectivity index is 1.42. The van der Waals surface area contributed by atoms with Crippen LogP contribution in [-0.4, -0.2) is 36.9 Å². The molecule has 0 saturated heterocycles. The number of carbonyl (C=O) groups is 1. The van der Waals surface area contributed by atoms with Crippen LogP contribution in [0.15, 0.2) is 52.1 Å².